The Hall–Kier alpha value is -3.49. The van der Waals surface area contributed by atoms with Gasteiger partial charge in [-0.2, -0.15) is 0 Å². The van der Waals surface area contributed by atoms with E-state index < -0.39 is 22.8 Å². The summed E-state index contributed by atoms with van der Waals surface area (Å²) >= 11 is 0. The summed E-state index contributed by atoms with van der Waals surface area (Å²) < 4.78 is 9.91. The van der Waals surface area contributed by atoms with Gasteiger partial charge in [-0.25, -0.2) is 4.79 Å². The molecule has 0 bridgehead atoms. The van der Waals surface area contributed by atoms with Crippen molar-refractivity contribution in [2.45, 2.75) is 12.5 Å². The number of esters is 1. The van der Waals surface area contributed by atoms with E-state index in [4.69, 9.17) is 9.47 Å². The highest BCUT2D eigenvalue weighted by Gasteiger charge is 2.25. The Kier molecular flexibility index (Phi) is 6.20. The van der Waals surface area contributed by atoms with Crippen LogP contribution in [-0.2, 0) is 16.0 Å². The predicted octanol–water partition coefficient (Wildman–Crippen LogP) is 1.51. The van der Waals surface area contributed by atoms with Crippen molar-refractivity contribution in [2.24, 2.45) is 0 Å². The number of rotatable bonds is 7. The molecule has 26 heavy (non-hydrogen) atoms. The van der Waals surface area contributed by atoms with Gasteiger partial charge in [-0.15, -0.1) is 0 Å². The third-order valence-electron chi connectivity index (χ3n) is 3.59. The van der Waals surface area contributed by atoms with Crippen molar-refractivity contribution in [1.29, 1.82) is 0 Å². The van der Waals surface area contributed by atoms with Gasteiger partial charge in [0.25, 0.3) is 11.6 Å². The van der Waals surface area contributed by atoms with Crippen LogP contribution in [0.4, 0.5) is 5.69 Å². The van der Waals surface area contributed by atoms with E-state index in [2.05, 4.69) is 10.3 Å². The van der Waals surface area contributed by atoms with Gasteiger partial charge >= 0.3 is 5.97 Å². The van der Waals surface area contributed by atoms with Gasteiger partial charge in [-0.1, -0.05) is 6.07 Å². The summed E-state index contributed by atoms with van der Waals surface area (Å²) in [5.74, 6) is -0.898. The molecule has 1 aromatic heterocycles. The molecule has 136 valence electrons. The molecule has 0 aliphatic heterocycles. The van der Waals surface area contributed by atoms with Crippen molar-refractivity contribution in [1.82, 2.24) is 10.3 Å². The summed E-state index contributed by atoms with van der Waals surface area (Å²) in [4.78, 5) is 38.7. The molecule has 0 radical (unpaired) electrons. The molecule has 1 aromatic carbocycles. The first-order valence-corrected chi connectivity index (χ1v) is 7.57. The predicted molar refractivity (Wildman–Crippen MR) is 90.9 cm³/mol. The van der Waals surface area contributed by atoms with Gasteiger partial charge in [0.05, 0.1) is 19.1 Å². The largest absolute Gasteiger partial charge is 0.496 e. The second kappa shape index (κ2) is 8.56. The number of non-ortho nitro benzene ring substituents is 1. The first kappa shape index (κ1) is 18.8. The Balaban J connectivity index is 2.28. The highest BCUT2D eigenvalue weighted by atomic mass is 16.6. The number of amides is 1. The summed E-state index contributed by atoms with van der Waals surface area (Å²) in [6.07, 6.45) is 1.40. The van der Waals surface area contributed by atoms with Crippen LogP contribution in [0.5, 0.6) is 5.75 Å². The number of nitro benzene ring substituents is 1. The van der Waals surface area contributed by atoms with Crippen molar-refractivity contribution >= 4 is 17.6 Å². The lowest BCUT2D eigenvalue weighted by Crippen LogP contribution is -2.43. The van der Waals surface area contributed by atoms with E-state index in [0.29, 0.717) is 11.3 Å². The van der Waals surface area contributed by atoms with Crippen molar-refractivity contribution in [3.05, 3.63) is 64.0 Å². The number of nitrogens with one attached hydrogen (secondary N) is 1. The number of methoxy groups -OCH3 is 2. The van der Waals surface area contributed by atoms with Crippen LogP contribution in [0.3, 0.4) is 0 Å². The normalized spacial score (nSPS) is 11.3. The van der Waals surface area contributed by atoms with Gasteiger partial charge in [0, 0.05) is 30.3 Å². The number of pyridine rings is 1. The molecule has 0 spiro atoms. The van der Waals surface area contributed by atoms with Gasteiger partial charge in [0.1, 0.15) is 17.5 Å². The molecular weight excluding hydrogens is 342 g/mol. The number of carbonyl (C=O) groups excluding carboxylic acids is 2. The third-order valence-corrected chi connectivity index (χ3v) is 3.59. The highest BCUT2D eigenvalue weighted by Crippen LogP contribution is 2.25. The molecule has 2 rings (SSSR count). The van der Waals surface area contributed by atoms with E-state index in [0.717, 1.165) is 0 Å². The molecule has 1 N–H and O–H groups in total. The highest BCUT2D eigenvalue weighted by molar-refractivity contribution is 5.95. The summed E-state index contributed by atoms with van der Waals surface area (Å²) in [7, 11) is 2.59. The molecular formula is C17H17N3O6. The first-order valence-electron chi connectivity index (χ1n) is 7.57. The monoisotopic (exact) mass is 359 g/mol. The summed E-state index contributed by atoms with van der Waals surface area (Å²) in [5.41, 5.74) is 0.367. The Morgan fingerprint density at radius 1 is 1.27 bits per heavy atom. The average molecular weight is 359 g/mol. The Bertz CT molecular complexity index is 809. The van der Waals surface area contributed by atoms with Gasteiger partial charge in [0.15, 0.2) is 0 Å². The number of hydrogen-bond donors (Lipinski definition) is 1. The molecule has 2 aromatic rings. The van der Waals surface area contributed by atoms with Crippen LogP contribution < -0.4 is 10.1 Å². The summed E-state index contributed by atoms with van der Waals surface area (Å²) in [6, 6.07) is 7.75. The molecule has 1 atom stereocenters. The van der Waals surface area contributed by atoms with E-state index in [1.165, 1.54) is 44.7 Å². The number of hydrogen-bond acceptors (Lipinski definition) is 7. The summed E-state index contributed by atoms with van der Waals surface area (Å²) in [6.45, 7) is 0. The van der Waals surface area contributed by atoms with E-state index >= 15 is 0 Å². The standard InChI is InChI=1S/C17H17N3O6/c1-25-15-7-6-12(20(23)24)9-11(15)10-14(17(22)26-2)19-16(21)13-5-3-4-8-18-13/h3-9,14H,10H2,1-2H3,(H,19,21)/t14-/m1/s1. The van der Waals surface area contributed by atoms with Gasteiger partial charge in [-0.3, -0.25) is 19.9 Å². The average Bonchev–Trinajstić information content (AvgIpc) is 2.67. The van der Waals surface area contributed by atoms with Gasteiger partial charge in [-0.05, 0) is 18.2 Å². The molecule has 0 fully saturated rings. The topological polar surface area (TPSA) is 121 Å². The summed E-state index contributed by atoms with van der Waals surface area (Å²) in [5, 5.41) is 13.5. The lowest BCUT2D eigenvalue weighted by atomic mass is 10.0. The number of aromatic nitrogens is 1. The zero-order chi connectivity index (χ0) is 19.1. The smallest absolute Gasteiger partial charge is 0.328 e. The Labute approximate surface area is 149 Å². The quantitative estimate of drug-likeness (QED) is 0.452. The number of ether oxygens (including phenoxy) is 2. The second-order valence-corrected chi connectivity index (χ2v) is 5.22. The minimum absolute atomic E-state index is 0.0455. The van der Waals surface area contributed by atoms with Crippen molar-refractivity contribution in [2.75, 3.05) is 14.2 Å². The second-order valence-electron chi connectivity index (χ2n) is 5.22. The van der Waals surface area contributed by atoms with Crippen LogP contribution in [0, 0.1) is 10.1 Å². The van der Waals surface area contributed by atoms with E-state index in [1.807, 2.05) is 0 Å². The zero-order valence-electron chi connectivity index (χ0n) is 14.2. The molecule has 9 heteroatoms. The maximum Gasteiger partial charge on any atom is 0.328 e. The Morgan fingerprint density at radius 2 is 2.04 bits per heavy atom. The maximum absolute atomic E-state index is 12.3. The minimum atomic E-state index is -1.06. The van der Waals surface area contributed by atoms with Crippen LogP contribution >= 0.6 is 0 Å². The molecule has 0 aliphatic carbocycles. The first-order chi connectivity index (χ1) is 12.5. The number of nitrogens with zero attached hydrogens (tertiary/aromatic N) is 2. The molecule has 1 heterocycles. The van der Waals surface area contributed by atoms with Gasteiger partial charge in [0.2, 0.25) is 0 Å². The van der Waals surface area contributed by atoms with Crippen LogP contribution in [0.25, 0.3) is 0 Å². The molecule has 1 amide bonds. The fourth-order valence-corrected chi connectivity index (χ4v) is 2.32. The van der Waals surface area contributed by atoms with Gasteiger partial charge < -0.3 is 14.8 Å². The fourth-order valence-electron chi connectivity index (χ4n) is 2.32. The minimum Gasteiger partial charge on any atom is -0.496 e. The fraction of sp³-hybridized carbons (Fsp3) is 0.235. The van der Waals surface area contributed by atoms with Crippen LogP contribution in [0.1, 0.15) is 16.1 Å². The lowest BCUT2D eigenvalue weighted by molar-refractivity contribution is -0.384. The van der Waals surface area contributed by atoms with Crippen LogP contribution in [0.15, 0.2) is 42.6 Å². The maximum atomic E-state index is 12.3. The lowest BCUT2D eigenvalue weighted by Gasteiger charge is -2.17. The Morgan fingerprint density at radius 3 is 2.62 bits per heavy atom. The number of carbonyl (C=O) groups is 2. The molecule has 0 saturated heterocycles. The third kappa shape index (κ3) is 4.53. The molecule has 9 nitrogen and oxygen atoms in total. The van der Waals surface area contributed by atoms with Crippen molar-refractivity contribution in [3.8, 4) is 5.75 Å². The van der Waals surface area contributed by atoms with E-state index in [9.17, 15) is 19.7 Å². The SMILES string of the molecule is COC(=O)[C@@H](Cc1cc([N+](=O)[O-])ccc1OC)NC(=O)c1ccccn1. The molecule has 0 unspecified atom stereocenters. The number of nitro groups is 1. The van der Waals surface area contributed by atoms with E-state index in [1.54, 1.807) is 12.1 Å². The van der Waals surface area contributed by atoms with Crippen molar-refractivity contribution in [3.63, 3.8) is 0 Å². The molecule has 0 saturated carbocycles. The van der Waals surface area contributed by atoms with Crippen molar-refractivity contribution < 1.29 is 24.0 Å². The zero-order valence-corrected chi connectivity index (χ0v) is 14.2. The number of benzene rings is 1. The van der Waals surface area contributed by atoms with E-state index in [-0.39, 0.29) is 17.8 Å². The van der Waals surface area contributed by atoms with Crippen LogP contribution in [0.2, 0.25) is 0 Å². The molecule has 0 aliphatic rings. The van der Waals surface area contributed by atoms with Crippen LogP contribution in [-0.4, -0.2) is 42.0 Å².